The molecule has 0 atom stereocenters. The van der Waals surface area contributed by atoms with Crippen LogP contribution in [0.25, 0.3) is 0 Å². The van der Waals surface area contributed by atoms with Crippen LogP contribution in [-0.4, -0.2) is 19.7 Å². The Kier molecular flexibility index (Phi) is 3.69. The summed E-state index contributed by atoms with van der Waals surface area (Å²) in [5, 5.41) is 4.32. The molecule has 2 rings (SSSR count). The molecule has 0 aliphatic heterocycles. The Morgan fingerprint density at radius 2 is 2.05 bits per heavy atom. The largest absolute Gasteiger partial charge is 0.435 e. The SMILES string of the molecule is CCCc1c(N)ncnc1Oc1c(C)nn(C)c1C. The minimum atomic E-state index is 0.478. The molecular weight excluding hydrogens is 242 g/mol. The molecule has 0 aliphatic rings. The topological polar surface area (TPSA) is 78.8 Å². The Morgan fingerprint density at radius 1 is 1.32 bits per heavy atom. The molecule has 6 heteroatoms. The maximum absolute atomic E-state index is 5.91. The lowest BCUT2D eigenvalue weighted by Gasteiger charge is -2.10. The first-order chi connectivity index (χ1) is 9.04. The summed E-state index contributed by atoms with van der Waals surface area (Å²) >= 11 is 0. The molecule has 2 N–H and O–H groups in total. The third-order valence-corrected chi connectivity index (χ3v) is 3.08. The fraction of sp³-hybridized carbons (Fsp3) is 0.462. The Balaban J connectivity index is 2.40. The van der Waals surface area contributed by atoms with Crippen LogP contribution in [0, 0.1) is 13.8 Å². The van der Waals surface area contributed by atoms with Crippen molar-refractivity contribution in [3.05, 3.63) is 23.3 Å². The molecule has 0 amide bonds. The van der Waals surface area contributed by atoms with Crippen LogP contribution in [0.1, 0.15) is 30.3 Å². The summed E-state index contributed by atoms with van der Waals surface area (Å²) in [7, 11) is 1.89. The van der Waals surface area contributed by atoms with E-state index in [1.165, 1.54) is 6.33 Å². The van der Waals surface area contributed by atoms with E-state index in [2.05, 4.69) is 22.0 Å². The summed E-state index contributed by atoms with van der Waals surface area (Å²) in [6, 6.07) is 0. The van der Waals surface area contributed by atoms with Gasteiger partial charge in [-0.1, -0.05) is 13.3 Å². The van der Waals surface area contributed by atoms with Gasteiger partial charge in [0, 0.05) is 7.05 Å². The van der Waals surface area contributed by atoms with Crippen LogP contribution >= 0.6 is 0 Å². The number of aryl methyl sites for hydroxylation is 2. The Hall–Kier alpha value is -2.11. The quantitative estimate of drug-likeness (QED) is 0.912. The average molecular weight is 261 g/mol. The molecule has 0 spiro atoms. The third-order valence-electron chi connectivity index (χ3n) is 3.08. The number of nitrogen functional groups attached to an aromatic ring is 1. The number of anilines is 1. The highest BCUT2D eigenvalue weighted by molar-refractivity contribution is 5.47. The van der Waals surface area contributed by atoms with Gasteiger partial charge in [0.05, 0.1) is 11.3 Å². The van der Waals surface area contributed by atoms with Crippen LogP contribution in [0.2, 0.25) is 0 Å². The van der Waals surface area contributed by atoms with E-state index < -0.39 is 0 Å². The van der Waals surface area contributed by atoms with Gasteiger partial charge in [0.25, 0.3) is 0 Å². The van der Waals surface area contributed by atoms with Gasteiger partial charge >= 0.3 is 0 Å². The van der Waals surface area contributed by atoms with Crippen molar-refractivity contribution in [2.45, 2.75) is 33.6 Å². The van der Waals surface area contributed by atoms with E-state index in [9.17, 15) is 0 Å². The van der Waals surface area contributed by atoms with Crippen molar-refractivity contribution in [3.8, 4) is 11.6 Å². The van der Waals surface area contributed by atoms with Crippen LogP contribution in [0.4, 0.5) is 5.82 Å². The van der Waals surface area contributed by atoms with Crippen LogP contribution in [0.15, 0.2) is 6.33 Å². The fourth-order valence-electron chi connectivity index (χ4n) is 1.98. The second-order valence-electron chi connectivity index (χ2n) is 4.52. The van der Waals surface area contributed by atoms with E-state index in [0.29, 0.717) is 11.7 Å². The second kappa shape index (κ2) is 5.26. The van der Waals surface area contributed by atoms with Gasteiger partial charge in [-0.3, -0.25) is 4.68 Å². The van der Waals surface area contributed by atoms with Crippen molar-refractivity contribution < 1.29 is 4.74 Å². The van der Waals surface area contributed by atoms with Crippen molar-refractivity contribution in [1.82, 2.24) is 19.7 Å². The van der Waals surface area contributed by atoms with E-state index in [1.807, 2.05) is 20.9 Å². The molecule has 0 radical (unpaired) electrons. The van der Waals surface area contributed by atoms with Gasteiger partial charge in [0.1, 0.15) is 17.8 Å². The molecule has 6 nitrogen and oxygen atoms in total. The van der Waals surface area contributed by atoms with Gasteiger partial charge in [-0.05, 0) is 20.3 Å². The van der Waals surface area contributed by atoms with Gasteiger partial charge in [-0.2, -0.15) is 5.10 Å². The van der Waals surface area contributed by atoms with E-state index in [-0.39, 0.29) is 0 Å². The Labute approximate surface area is 112 Å². The highest BCUT2D eigenvalue weighted by atomic mass is 16.5. The summed E-state index contributed by atoms with van der Waals surface area (Å²) in [6.45, 7) is 5.95. The molecule has 0 unspecified atom stereocenters. The number of nitrogens with two attached hydrogens (primary N) is 1. The lowest BCUT2D eigenvalue weighted by molar-refractivity contribution is 0.447. The molecule has 0 fully saturated rings. The molecular formula is C13H19N5O. The normalized spacial score (nSPS) is 10.7. The fourth-order valence-corrected chi connectivity index (χ4v) is 1.98. The zero-order valence-electron chi connectivity index (χ0n) is 11.8. The second-order valence-corrected chi connectivity index (χ2v) is 4.52. The van der Waals surface area contributed by atoms with Gasteiger partial charge in [-0.15, -0.1) is 0 Å². The van der Waals surface area contributed by atoms with Gasteiger partial charge in [0.2, 0.25) is 5.88 Å². The predicted molar refractivity (Wildman–Crippen MR) is 73.2 cm³/mol. The molecule has 0 bridgehead atoms. The lowest BCUT2D eigenvalue weighted by atomic mass is 10.2. The van der Waals surface area contributed by atoms with Crippen LogP contribution in [0.3, 0.4) is 0 Å². The zero-order chi connectivity index (χ0) is 14.0. The van der Waals surface area contributed by atoms with Crippen molar-refractivity contribution >= 4 is 5.82 Å². The van der Waals surface area contributed by atoms with Crippen LogP contribution < -0.4 is 10.5 Å². The smallest absolute Gasteiger partial charge is 0.227 e. The van der Waals surface area contributed by atoms with Crippen LogP contribution in [0.5, 0.6) is 11.6 Å². The third kappa shape index (κ3) is 2.52. The maximum Gasteiger partial charge on any atom is 0.227 e. The molecule has 2 aromatic rings. The number of hydrogen-bond donors (Lipinski definition) is 1. The van der Waals surface area contributed by atoms with E-state index in [0.717, 1.165) is 35.5 Å². The molecule has 0 aromatic carbocycles. The molecule has 2 aromatic heterocycles. The van der Waals surface area contributed by atoms with Crippen molar-refractivity contribution in [2.75, 3.05) is 5.73 Å². The Morgan fingerprint density at radius 3 is 2.63 bits per heavy atom. The predicted octanol–water partition coefficient (Wildman–Crippen LogP) is 2.15. The Bertz CT molecular complexity index is 591. The average Bonchev–Trinajstić information content (AvgIpc) is 2.60. The van der Waals surface area contributed by atoms with Gasteiger partial charge in [0.15, 0.2) is 5.75 Å². The van der Waals surface area contributed by atoms with Crippen molar-refractivity contribution in [3.63, 3.8) is 0 Å². The van der Waals surface area contributed by atoms with Crippen molar-refractivity contribution in [1.29, 1.82) is 0 Å². The monoisotopic (exact) mass is 261 g/mol. The van der Waals surface area contributed by atoms with Crippen LogP contribution in [-0.2, 0) is 13.5 Å². The number of rotatable bonds is 4. The molecule has 102 valence electrons. The van der Waals surface area contributed by atoms with E-state index >= 15 is 0 Å². The van der Waals surface area contributed by atoms with Gasteiger partial charge in [-0.25, -0.2) is 9.97 Å². The summed E-state index contributed by atoms with van der Waals surface area (Å²) in [5.41, 5.74) is 8.53. The summed E-state index contributed by atoms with van der Waals surface area (Å²) < 4.78 is 7.70. The maximum atomic E-state index is 5.91. The molecule has 0 saturated heterocycles. The molecule has 0 saturated carbocycles. The summed E-state index contributed by atoms with van der Waals surface area (Å²) in [6.07, 6.45) is 3.17. The number of aromatic nitrogens is 4. The summed E-state index contributed by atoms with van der Waals surface area (Å²) in [4.78, 5) is 8.21. The number of nitrogens with zero attached hydrogens (tertiary/aromatic N) is 4. The molecule has 0 aliphatic carbocycles. The first-order valence-electron chi connectivity index (χ1n) is 6.32. The zero-order valence-corrected chi connectivity index (χ0v) is 11.8. The minimum Gasteiger partial charge on any atom is -0.435 e. The number of hydrogen-bond acceptors (Lipinski definition) is 5. The highest BCUT2D eigenvalue weighted by Crippen LogP contribution is 2.30. The van der Waals surface area contributed by atoms with E-state index in [1.54, 1.807) is 4.68 Å². The van der Waals surface area contributed by atoms with Crippen molar-refractivity contribution in [2.24, 2.45) is 7.05 Å². The van der Waals surface area contributed by atoms with Gasteiger partial charge < -0.3 is 10.5 Å². The molecule has 19 heavy (non-hydrogen) atoms. The summed E-state index contributed by atoms with van der Waals surface area (Å²) in [5.74, 6) is 1.73. The molecule has 2 heterocycles. The first-order valence-corrected chi connectivity index (χ1v) is 6.32. The standard InChI is InChI=1S/C13H19N5O/c1-5-6-10-12(14)15-7-16-13(10)19-11-8(2)17-18(4)9(11)3/h7H,5-6H2,1-4H3,(H2,14,15,16). The first kappa shape index (κ1) is 13.3. The number of ether oxygens (including phenoxy) is 1. The minimum absolute atomic E-state index is 0.478. The lowest BCUT2D eigenvalue weighted by Crippen LogP contribution is -2.03. The highest BCUT2D eigenvalue weighted by Gasteiger charge is 2.16. The van der Waals surface area contributed by atoms with E-state index in [4.69, 9.17) is 10.5 Å².